The Labute approximate surface area is 140 Å². The summed E-state index contributed by atoms with van der Waals surface area (Å²) in [6.45, 7) is 0. The number of carbonyl (C=O) groups is 1. The summed E-state index contributed by atoms with van der Waals surface area (Å²) in [7, 11) is -2.04. The van der Waals surface area contributed by atoms with Crippen molar-refractivity contribution in [2.45, 2.75) is 23.8 Å². The van der Waals surface area contributed by atoms with Gasteiger partial charge in [-0.2, -0.15) is 0 Å². The molecule has 1 fully saturated rings. The van der Waals surface area contributed by atoms with Gasteiger partial charge in [0.15, 0.2) is 0 Å². The third-order valence-corrected chi connectivity index (χ3v) is 5.15. The van der Waals surface area contributed by atoms with Gasteiger partial charge in [0.1, 0.15) is 5.75 Å². The predicted octanol–water partition coefficient (Wildman–Crippen LogP) is 2.39. The van der Waals surface area contributed by atoms with E-state index in [1.165, 1.54) is 12.1 Å². The molecule has 7 heteroatoms. The summed E-state index contributed by atoms with van der Waals surface area (Å²) in [6, 6.07) is 13.0. The van der Waals surface area contributed by atoms with E-state index in [-0.39, 0.29) is 22.4 Å². The first-order chi connectivity index (χ1) is 11.5. The van der Waals surface area contributed by atoms with Crippen LogP contribution < -0.4 is 14.8 Å². The van der Waals surface area contributed by atoms with E-state index < -0.39 is 10.0 Å². The van der Waals surface area contributed by atoms with Crippen LogP contribution in [0.2, 0.25) is 0 Å². The van der Waals surface area contributed by atoms with Crippen LogP contribution in [-0.4, -0.2) is 27.5 Å². The number of anilines is 1. The van der Waals surface area contributed by atoms with Crippen LogP contribution in [0.25, 0.3) is 0 Å². The molecule has 3 rings (SSSR count). The van der Waals surface area contributed by atoms with Crippen LogP contribution in [0.3, 0.4) is 0 Å². The van der Waals surface area contributed by atoms with Gasteiger partial charge in [0.2, 0.25) is 10.0 Å². The molecule has 1 aliphatic rings. The van der Waals surface area contributed by atoms with Crippen LogP contribution in [0, 0.1) is 0 Å². The third-order valence-electron chi connectivity index (χ3n) is 3.63. The average molecular weight is 346 g/mol. The van der Waals surface area contributed by atoms with Crippen molar-refractivity contribution in [3.8, 4) is 5.75 Å². The Bertz CT molecular complexity index is 860. The Morgan fingerprint density at radius 1 is 1.12 bits per heavy atom. The molecule has 2 aromatic rings. The monoisotopic (exact) mass is 346 g/mol. The highest BCUT2D eigenvalue weighted by Gasteiger charge is 2.28. The molecule has 2 aromatic carbocycles. The van der Waals surface area contributed by atoms with Crippen molar-refractivity contribution in [3.63, 3.8) is 0 Å². The minimum absolute atomic E-state index is 0.0178. The molecule has 0 aliphatic heterocycles. The van der Waals surface area contributed by atoms with Crippen molar-refractivity contribution in [1.29, 1.82) is 0 Å². The number of ether oxygens (including phenoxy) is 1. The molecule has 1 aliphatic carbocycles. The van der Waals surface area contributed by atoms with Gasteiger partial charge in [0, 0.05) is 23.4 Å². The maximum absolute atomic E-state index is 12.4. The number of hydrogen-bond donors (Lipinski definition) is 2. The Morgan fingerprint density at radius 2 is 1.88 bits per heavy atom. The van der Waals surface area contributed by atoms with Gasteiger partial charge in [0.25, 0.3) is 5.91 Å². The smallest absolute Gasteiger partial charge is 0.255 e. The second-order valence-corrected chi connectivity index (χ2v) is 7.32. The summed E-state index contributed by atoms with van der Waals surface area (Å²) in [5, 5.41) is 2.73. The number of rotatable bonds is 6. The lowest BCUT2D eigenvalue weighted by molar-refractivity contribution is 0.102. The first-order valence-electron chi connectivity index (χ1n) is 7.56. The first-order valence-corrected chi connectivity index (χ1v) is 9.04. The normalized spacial score (nSPS) is 14.2. The molecule has 2 N–H and O–H groups in total. The van der Waals surface area contributed by atoms with Gasteiger partial charge in [-0.25, -0.2) is 13.1 Å². The zero-order chi connectivity index (χ0) is 17.2. The van der Waals surface area contributed by atoms with Crippen LogP contribution in [-0.2, 0) is 10.0 Å². The predicted molar refractivity (Wildman–Crippen MR) is 90.7 cm³/mol. The van der Waals surface area contributed by atoms with Gasteiger partial charge in [-0.1, -0.05) is 12.1 Å². The zero-order valence-corrected chi connectivity index (χ0v) is 14.0. The fourth-order valence-corrected chi connectivity index (χ4v) is 3.55. The van der Waals surface area contributed by atoms with Crippen molar-refractivity contribution in [2.24, 2.45) is 0 Å². The van der Waals surface area contributed by atoms with Gasteiger partial charge in [-0.3, -0.25) is 4.79 Å². The number of carbonyl (C=O) groups excluding carboxylic acids is 1. The fourth-order valence-electron chi connectivity index (χ4n) is 2.20. The van der Waals surface area contributed by atoms with Crippen LogP contribution >= 0.6 is 0 Å². The molecule has 126 valence electrons. The summed E-state index contributed by atoms with van der Waals surface area (Å²) < 4.78 is 32.2. The number of benzene rings is 2. The topological polar surface area (TPSA) is 84.5 Å². The highest BCUT2D eigenvalue weighted by atomic mass is 32.2. The van der Waals surface area contributed by atoms with Crippen molar-refractivity contribution >= 4 is 21.6 Å². The number of methoxy groups -OCH3 is 1. The second kappa shape index (κ2) is 6.62. The van der Waals surface area contributed by atoms with E-state index >= 15 is 0 Å². The van der Waals surface area contributed by atoms with Gasteiger partial charge >= 0.3 is 0 Å². The standard InChI is InChI=1S/C17H18N2O4S/c1-23-15-6-3-5-14(11-15)18-17(20)12-4-2-7-16(10-12)24(21,22)19-13-8-9-13/h2-7,10-11,13,19H,8-9H2,1H3,(H,18,20). The van der Waals surface area contributed by atoms with E-state index in [2.05, 4.69) is 10.0 Å². The molecular formula is C17H18N2O4S. The van der Waals surface area contributed by atoms with Crippen LogP contribution in [0.1, 0.15) is 23.2 Å². The van der Waals surface area contributed by atoms with Gasteiger partial charge in [0.05, 0.1) is 12.0 Å². The molecule has 0 spiro atoms. The maximum Gasteiger partial charge on any atom is 0.255 e. The summed E-state index contributed by atoms with van der Waals surface area (Å²) in [5.74, 6) is 0.240. The molecule has 0 atom stereocenters. The van der Waals surface area contributed by atoms with Crippen LogP contribution in [0.4, 0.5) is 5.69 Å². The van der Waals surface area contributed by atoms with Crippen LogP contribution in [0.15, 0.2) is 53.4 Å². The lowest BCUT2D eigenvalue weighted by Gasteiger charge is -2.09. The molecule has 0 aromatic heterocycles. The van der Waals surface area contributed by atoms with E-state index in [9.17, 15) is 13.2 Å². The molecule has 0 bridgehead atoms. The third kappa shape index (κ3) is 3.93. The quantitative estimate of drug-likeness (QED) is 0.841. The minimum Gasteiger partial charge on any atom is -0.497 e. The Kier molecular flexibility index (Phi) is 4.55. The molecule has 0 radical (unpaired) electrons. The molecule has 1 saturated carbocycles. The van der Waals surface area contributed by atoms with Crippen molar-refractivity contribution in [1.82, 2.24) is 4.72 Å². The van der Waals surface area contributed by atoms with E-state index in [0.717, 1.165) is 12.8 Å². The fraction of sp³-hybridized carbons (Fsp3) is 0.235. The van der Waals surface area contributed by atoms with Gasteiger partial charge < -0.3 is 10.1 Å². The van der Waals surface area contributed by atoms with E-state index in [0.29, 0.717) is 11.4 Å². The lowest BCUT2D eigenvalue weighted by Crippen LogP contribution is -2.26. The number of hydrogen-bond acceptors (Lipinski definition) is 4. The lowest BCUT2D eigenvalue weighted by atomic mass is 10.2. The highest BCUT2D eigenvalue weighted by molar-refractivity contribution is 7.89. The highest BCUT2D eigenvalue weighted by Crippen LogP contribution is 2.23. The molecule has 24 heavy (non-hydrogen) atoms. The van der Waals surface area contributed by atoms with Gasteiger partial charge in [-0.05, 0) is 43.2 Å². The number of amides is 1. The molecule has 1 amide bonds. The first kappa shape index (κ1) is 16.5. The Morgan fingerprint density at radius 3 is 2.58 bits per heavy atom. The SMILES string of the molecule is COc1cccc(NC(=O)c2cccc(S(=O)(=O)NC3CC3)c2)c1. The summed E-state index contributed by atoms with van der Waals surface area (Å²) in [5.41, 5.74) is 0.847. The maximum atomic E-state index is 12.4. The largest absolute Gasteiger partial charge is 0.497 e. The molecular weight excluding hydrogens is 328 g/mol. The number of sulfonamides is 1. The van der Waals surface area contributed by atoms with E-state index in [4.69, 9.17) is 4.74 Å². The Hall–Kier alpha value is -2.38. The van der Waals surface area contributed by atoms with Gasteiger partial charge in [-0.15, -0.1) is 0 Å². The summed E-state index contributed by atoms with van der Waals surface area (Å²) in [4.78, 5) is 12.5. The zero-order valence-electron chi connectivity index (χ0n) is 13.2. The molecule has 6 nitrogen and oxygen atoms in total. The second-order valence-electron chi connectivity index (χ2n) is 5.61. The van der Waals surface area contributed by atoms with Crippen molar-refractivity contribution in [2.75, 3.05) is 12.4 Å². The molecule has 0 saturated heterocycles. The average Bonchev–Trinajstić information content (AvgIpc) is 3.38. The Balaban J connectivity index is 1.78. The van der Waals surface area contributed by atoms with E-state index in [1.807, 2.05) is 0 Å². The van der Waals surface area contributed by atoms with Crippen LogP contribution in [0.5, 0.6) is 5.75 Å². The summed E-state index contributed by atoms with van der Waals surface area (Å²) >= 11 is 0. The van der Waals surface area contributed by atoms with Crippen molar-refractivity contribution < 1.29 is 17.9 Å². The molecule has 0 unspecified atom stereocenters. The van der Waals surface area contributed by atoms with Crippen molar-refractivity contribution in [3.05, 3.63) is 54.1 Å². The summed E-state index contributed by atoms with van der Waals surface area (Å²) in [6.07, 6.45) is 1.71. The van der Waals surface area contributed by atoms with E-state index in [1.54, 1.807) is 43.5 Å². The molecule has 0 heterocycles. The number of nitrogens with one attached hydrogen (secondary N) is 2. The minimum atomic E-state index is -3.59.